The third kappa shape index (κ3) is 2.75. The van der Waals surface area contributed by atoms with E-state index in [9.17, 15) is 5.11 Å². The maximum Gasteiger partial charge on any atom is 0.0596 e. The lowest BCUT2D eigenvalue weighted by molar-refractivity contribution is -0.0832. The van der Waals surface area contributed by atoms with Gasteiger partial charge in [0.15, 0.2) is 0 Å². The Balaban J connectivity index is 1.64. The summed E-state index contributed by atoms with van der Waals surface area (Å²) in [5.41, 5.74) is 2.58. The number of hydrogen-bond donors (Lipinski definition) is 1. The third-order valence-corrected chi connectivity index (χ3v) is 9.28. The fourth-order valence-corrected chi connectivity index (χ4v) is 7.89. The Labute approximate surface area is 155 Å². The predicted octanol–water partition coefficient (Wildman–Crippen LogP) is 6.51. The monoisotopic (exact) mass is 344 g/mol. The lowest BCUT2D eigenvalue weighted by atomic mass is 9.45. The van der Waals surface area contributed by atoms with E-state index in [0.29, 0.717) is 5.41 Å². The summed E-state index contributed by atoms with van der Waals surface area (Å²) in [7, 11) is 0. The van der Waals surface area contributed by atoms with Crippen molar-refractivity contribution in [3.63, 3.8) is 0 Å². The molecule has 4 rings (SSSR count). The van der Waals surface area contributed by atoms with Crippen molar-refractivity contribution in [2.24, 2.45) is 34.5 Å². The van der Waals surface area contributed by atoms with Crippen LogP contribution in [-0.4, -0.2) is 11.2 Å². The Morgan fingerprint density at radius 3 is 2.72 bits per heavy atom. The molecule has 142 valence electrons. The Hall–Kier alpha value is -0.300. The van der Waals surface area contributed by atoms with Gasteiger partial charge >= 0.3 is 0 Å². The summed E-state index contributed by atoms with van der Waals surface area (Å²) in [5, 5.41) is 10.7. The van der Waals surface area contributed by atoms with E-state index < -0.39 is 0 Å². The van der Waals surface area contributed by atoms with Crippen molar-refractivity contribution in [3.8, 4) is 0 Å². The fraction of sp³-hybridized carbons (Fsp3) is 0.917. The summed E-state index contributed by atoms with van der Waals surface area (Å²) in [6.07, 6.45) is 18.8. The van der Waals surface area contributed by atoms with Crippen LogP contribution in [-0.2, 0) is 0 Å². The minimum atomic E-state index is -0.0342. The maximum absolute atomic E-state index is 10.7. The van der Waals surface area contributed by atoms with E-state index in [1.807, 2.05) is 5.57 Å². The van der Waals surface area contributed by atoms with E-state index in [-0.39, 0.29) is 11.5 Å². The highest BCUT2D eigenvalue weighted by Crippen LogP contribution is 2.66. The van der Waals surface area contributed by atoms with E-state index in [1.165, 1.54) is 70.6 Å². The second-order valence-corrected chi connectivity index (χ2v) is 10.4. The lowest BCUT2D eigenvalue weighted by Gasteiger charge is -2.60. The van der Waals surface area contributed by atoms with Crippen LogP contribution in [0.1, 0.15) is 97.8 Å². The molecule has 3 saturated carbocycles. The van der Waals surface area contributed by atoms with Gasteiger partial charge in [0.1, 0.15) is 0 Å². The molecule has 0 amide bonds. The normalized spacial score (nSPS) is 49.1. The number of aliphatic hydroxyl groups is 1. The number of unbranched alkanes of at least 4 members (excludes halogenated alkanes) is 2. The first kappa shape index (κ1) is 18.1. The number of rotatable bonds is 4. The molecule has 0 aromatic heterocycles. The molecule has 0 aromatic carbocycles. The molecule has 0 saturated heterocycles. The van der Waals surface area contributed by atoms with Crippen LogP contribution in [0.5, 0.6) is 0 Å². The number of hydrogen-bond acceptors (Lipinski definition) is 1. The maximum atomic E-state index is 10.7. The molecule has 4 aliphatic rings. The minimum absolute atomic E-state index is 0.0342. The highest BCUT2D eigenvalue weighted by atomic mass is 16.3. The summed E-state index contributed by atoms with van der Waals surface area (Å²) < 4.78 is 0. The smallest absolute Gasteiger partial charge is 0.0596 e. The molecular weight excluding hydrogens is 304 g/mol. The Morgan fingerprint density at radius 2 is 1.92 bits per heavy atom. The summed E-state index contributed by atoms with van der Waals surface area (Å²) in [5.74, 6) is 3.40. The van der Waals surface area contributed by atoms with E-state index in [4.69, 9.17) is 0 Å². The van der Waals surface area contributed by atoms with Crippen LogP contribution in [0.2, 0.25) is 0 Å². The van der Waals surface area contributed by atoms with Gasteiger partial charge in [0.05, 0.1) is 6.10 Å². The quantitative estimate of drug-likeness (QED) is 0.455. The first-order valence-corrected chi connectivity index (χ1v) is 11.4. The third-order valence-electron chi connectivity index (χ3n) is 9.28. The second-order valence-electron chi connectivity index (χ2n) is 10.4. The van der Waals surface area contributed by atoms with Gasteiger partial charge in [-0.1, -0.05) is 51.7 Å². The van der Waals surface area contributed by atoms with E-state index >= 15 is 0 Å². The van der Waals surface area contributed by atoms with Crippen molar-refractivity contribution in [1.82, 2.24) is 0 Å². The van der Waals surface area contributed by atoms with Crippen molar-refractivity contribution >= 4 is 0 Å². The molecule has 7 atom stereocenters. The lowest BCUT2D eigenvalue weighted by Crippen LogP contribution is -2.52. The van der Waals surface area contributed by atoms with Crippen molar-refractivity contribution in [1.29, 1.82) is 0 Å². The van der Waals surface area contributed by atoms with Gasteiger partial charge in [0.2, 0.25) is 0 Å². The van der Waals surface area contributed by atoms with Crippen LogP contribution in [0.25, 0.3) is 0 Å². The molecule has 4 aliphatic carbocycles. The summed E-state index contributed by atoms with van der Waals surface area (Å²) >= 11 is 0. The average Bonchev–Trinajstić information content (AvgIpc) is 2.90. The largest absolute Gasteiger partial charge is 0.393 e. The van der Waals surface area contributed by atoms with Crippen LogP contribution in [0, 0.1) is 34.5 Å². The van der Waals surface area contributed by atoms with Crippen molar-refractivity contribution in [2.45, 2.75) is 104 Å². The molecule has 1 heteroatoms. The highest BCUT2D eigenvalue weighted by molar-refractivity contribution is 5.26. The Bertz CT molecular complexity index is 522. The van der Waals surface area contributed by atoms with Gasteiger partial charge in [0.25, 0.3) is 0 Å². The van der Waals surface area contributed by atoms with Crippen molar-refractivity contribution in [3.05, 3.63) is 11.6 Å². The van der Waals surface area contributed by atoms with E-state index in [1.54, 1.807) is 0 Å². The van der Waals surface area contributed by atoms with Gasteiger partial charge in [-0.25, -0.2) is 0 Å². The first-order chi connectivity index (χ1) is 12.0. The number of allylic oxidation sites excluding steroid dienone is 2. The van der Waals surface area contributed by atoms with Crippen LogP contribution in [0.3, 0.4) is 0 Å². The van der Waals surface area contributed by atoms with Crippen LogP contribution in [0.4, 0.5) is 0 Å². The van der Waals surface area contributed by atoms with E-state index in [2.05, 4.69) is 26.8 Å². The fourth-order valence-electron chi connectivity index (χ4n) is 7.89. The number of fused-ring (bicyclic) bond motifs is 5. The second kappa shape index (κ2) is 6.70. The Morgan fingerprint density at radius 1 is 1.08 bits per heavy atom. The number of aliphatic hydroxyl groups excluding tert-OH is 1. The standard InChI is InChI=1S/C24H40O/c1-4-5-6-9-17-16-18-20-11-12-22(25)24(20,3)15-13-21(18)23(2)14-8-7-10-19(17)23/h10,17-18,20-22,25H,4-9,11-16H2,1-3H3/t17-,18?,20?,21?,22?,23?,24?/m0/s1. The topological polar surface area (TPSA) is 20.2 Å². The summed E-state index contributed by atoms with van der Waals surface area (Å²) in [4.78, 5) is 0. The van der Waals surface area contributed by atoms with Crippen LogP contribution in [0.15, 0.2) is 11.6 Å². The first-order valence-electron chi connectivity index (χ1n) is 11.4. The molecule has 0 bridgehead atoms. The van der Waals surface area contributed by atoms with E-state index in [0.717, 1.165) is 30.1 Å². The molecule has 1 nitrogen and oxygen atoms in total. The molecule has 6 unspecified atom stereocenters. The molecule has 0 radical (unpaired) electrons. The molecule has 0 aromatic rings. The molecular formula is C24H40O. The summed E-state index contributed by atoms with van der Waals surface area (Å²) in [6, 6.07) is 0. The molecule has 0 aliphatic heterocycles. The molecule has 0 spiro atoms. The van der Waals surface area contributed by atoms with Gasteiger partial charge < -0.3 is 5.11 Å². The zero-order valence-corrected chi connectivity index (χ0v) is 16.9. The molecule has 0 heterocycles. The van der Waals surface area contributed by atoms with Crippen molar-refractivity contribution in [2.75, 3.05) is 0 Å². The minimum Gasteiger partial charge on any atom is -0.393 e. The van der Waals surface area contributed by atoms with Gasteiger partial charge in [0, 0.05) is 0 Å². The highest BCUT2D eigenvalue weighted by Gasteiger charge is 2.59. The van der Waals surface area contributed by atoms with Crippen LogP contribution < -0.4 is 0 Å². The zero-order valence-electron chi connectivity index (χ0n) is 16.9. The van der Waals surface area contributed by atoms with Gasteiger partial charge in [-0.05, 0) is 92.3 Å². The van der Waals surface area contributed by atoms with Gasteiger partial charge in [-0.15, -0.1) is 0 Å². The Kier molecular flexibility index (Phi) is 4.84. The van der Waals surface area contributed by atoms with Crippen LogP contribution >= 0.6 is 0 Å². The molecule has 3 fully saturated rings. The molecule has 25 heavy (non-hydrogen) atoms. The van der Waals surface area contributed by atoms with Crippen molar-refractivity contribution < 1.29 is 5.11 Å². The van der Waals surface area contributed by atoms with Gasteiger partial charge in [-0.2, -0.15) is 0 Å². The predicted molar refractivity (Wildman–Crippen MR) is 105 cm³/mol. The molecule has 1 N–H and O–H groups in total. The zero-order chi connectivity index (χ0) is 17.7. The summed E-state index contributed by atoms with van der Waals surface area (Å²) in [6.45, 7) is 7.38. The SMILES string of the molecule is CCCCC[C@H]1CC2C(CCC3(C)C(O)CCC23)C2(C)CCCC=C12. The average molecular weight is 345 g/mol. The van der Waals surface area contributed by atoms with Gasteiger partial charge in [-0.3, -0.25) is 0 Å².